The molecule has 0 amide bonds. The fourth-order valence-electron chi connectivity index (χ4n) is 1.38. The van der Waals surface area contributed by atoms with Crippen LogP contribution in [0.15, 0.2) is 43.9 Å². The van der Waals surface area contributed by atoms with Gasteiger partial charge in [0.1, 0.15) is 0 Å². The molecule has 82 valence electrons. The van der Waals surface area contributed by atoms with E-state index in [1.54, 1.807) is 12.1 Å². The van der Waals surface area contributed by atoms with Crippen molar-refractivity contribution in [3.8, 4) is 0 Å². The molecule has 0 N–H and O–H groups in total. The van der Waals surface area contributed by atoms with E-state index in [1.165, 1.54) is 0 Å². The van der Waals surface area contributed by atoms with Crippen molar-refractivity contribution in [2.45, 2.75) is 6.92 Å². The molecule has 2 rings (SSSR count). The summed E-state index contributed by atoms with van der Waals surface area (Å²) in [6, 6.07) is 9.00. The Balaban J connectivity index is 2.45. The maximum absolute atomic E-state index is 12.1. The fraction of sp³-hybridized carbons (Fsp3) is 0.0833. The second-order valence-corrected chi connectivity index (χ2v) is 5.05. The highest BCUT2D eigenvalue weighted by Gasteiger charge is 2.16. The third-order valence-corrected chi connectivity index (χ3v) is 3.28. The van der Waals surface area contributed by atoms with Crippen LogP contribution < -0.4 is 0 Å². The van der Waals surface area contributed by atoms with Gasteiger partial charge in [-0.05, 0) is 47.1 Å². The van der Waals surface area contributed by atoms with E-state index < -0.39 is 0 Å². The van der Waals surface area contributed by atoms with Crippen molar-refractivity contribution in [1.29, 1.82) is 0 Å². The predicted octanol–water partition coefficient (Wildman–Crippen LogP) is 4.34. The molecule has 0 aliphatic rings. The highest BCUT2D eigenvalue weighted by molar-refractivity contribution is 9.10. The minimum atomic E-state index is -0.124. The van der Waals surface area contributed by atoms with Crippen molar-refractivity contribution in [3.63, 3.8) is 0 Å². The van der Waals surface area contributed by atoms with Crippen molar-refractivity contribution in [3.05, 3.63) is 56.4 Å². The number of rotatable bonds is 2. The minimum Gasteiger partial charge on any atom is -0.446 e. The van der Waals surface area contributed by atoms with Crippen molar-refractivity contribution in [2.24, 2.45) is 0 Å². The quantitative estimate of drug-likeness (QED) is 0.759. The molecule has 0 saturated heterocycles. The summed E-state index contributed by atoms with van der Waals surface area (Å²) in [5, 5.41) is 0. The molecule has 0 radical (unpaired) electrons. The standard InChI is InChI=1S/C12H8Br2O2/c1-7-2-3-9(13)8(6-7)12(15)10-4-5-11(14)16-10/h2-6H,1H3. The van der Waals surface area contributed by atoms with Crippen LogP contribution in [0.3, 0.4) is 0 Å². The average molecular weight is 344 g/mol. The third kappa shape index (κ3) is 2.28. The fourth-order valence-corrected chi connectivity index (χ4v) is 2.12. The summed E-state index contributed by atoms with van der Waals surface area (Å²) in [5.74, 6) is 0.208. The Morgan fingerprint density at radius 3 is 2.56 bits per heavy atom. The summed E-state index contributed by atoms with van der Waals surface area (Å²) in [4.78, 5) is 12.1. The Labute approximate surface area is 110 Å². The van der Waals surface area contributed by atoms with Crippen LogP contribution in [0.1, 0.15) is 21.7 Å². The van der Waals surface area contributed by atoms with E-state index in [9.17, 15) is 4.79 Å². The van der Waals surface area contributed by atoms with E-state index >= 15 is 0 Å². The third-order valence-electron chi connectivity index (χ3n) is 2.16. The molecule has 0 saturated carbocycles. The van der Waals surface area contributed by atoms with Crippen LogP contribution in [0.5, 0.6) is 0 Å². The van der Waals surface area contributed by atoms with Crippen molar-refractivity contribution in [1.82, 2.24) is 0 Å². The molecule has 0 fully saturated rings. The molecule has 1 aromatic carbocycles. The van der Waals surface area contributed by atoms with Crippen LogP contribution in [-0.2, 0) is 0 Å². The van der Waals surface area contributed by atoms with Gasteiger partial charge in [-0.2, -0.15) is 0 Å². The maximum atomic E-state index is 12.1. The number of carbonyl (C=O) groups is 1. The summed E-state index contributed by atoms with van der Waals surface area (Å²) < 4.78 is 6.57. The first-order valence-corrected chi connectivity index (χ1v) is 6.23. The van der Waals surface area contributed by atoms with E-state index in [0.29, 0.717) is 16.0 Å². The summed E-state index contributed by atoms with van der Waals surface area (Å²) in [6.07, 6.45) is 0. The largest absolute Gasteiger partial charge is 0.446 e. The Hall–Kier alpha value is -0.870. The molecule has 1 aromatic heterocycles. The van der Waals surface area contributed by atoms with Gasteiger partial charge in [0.2, 0.25) is 5.78 Å². The predicted molar refractivity (Wildman–Crippen MR) is 68.7 cm³/mol. The number of hydrogen-bond donors (Lipinski definition) is 0. The second-order valence-electron chi connectivity index (χ2n) is 3.42. The molecule has 0 aliphatic carbocycles. The lowest BCUT2D eigenvalue weighted by Gasteiger charge is -2.02. The normalized spacial score (nSPS) is 10.4. The lowest BCUT2D eigenvalue weighted by atomic mass is 10.1. The molecule has 0 atom stereocenters. The van der Waals surface area contributed by atoms with Crippen molar-refractivity contribution >= 4 is 37.6 Å². The highest BCUT2D eigenvalue weighted by Crippen LogP contribution is 2.23. The van der Waals surface area contributed by atoms with Crippen molar-refractivity contribution in [2.75, 3.05) is 0 Å². The monoisotopic (exact) mass is 342 g/mol. The Kier molecular flexibility index (Phi) is 3.30. The first-order chi connectivity index (χ1) is 7.58. The summed E-state index contributed by atoms with van der Waals surface area (Å²) in [7, 11) is 0. The smallest absolute Gasteiger partial charge is 0.229 e. The Morgan fingerprint density at radius 2 is 1.94 bits per heavy atom. The van der Waals surface area contributed by atoms with Gasteiger partial charge in [-0.15, -0.1) is 0 Å². The average Bonchev–Trinajstić information content (AvgIpc) is 2.67. The van der Waals surface area contributed by atoms with Crippen LogP contribution in [0.4, 0.5) is 0 Å². The number of benzene rings is 1. The molecule has 0 aliphatic heterocycles. The topological polar surface area (TPSA) is 30.2 Å². The molecule has 1 heterocycles. The number of hydrogen-bond acceptors (Lipinski definition) is 2. The Bertz CT molecular complexity index is 544. The minimum absolute atomic E-state index is 0.124. The van der Waals surface area contributed by atoms with Gasteiger partial charge in [0.05, 0.1) is 0 Å². The Morgan fingerprint density at radius 1 is 1.19 bits per heavy atom. The zero-order chi connectivity index (χ0) is 11.7. The van der Waals surface area contributed by atoms with Gasteiger partial charge in [0, 0.05) is 10.0 Å². The molecule has 16 heavy (non-hydrogen) atoms. The summed E-state index contributed by atoms with van der Waals surface area (Å²) in [5.41, 5.74) is 1.65. The number of ketones is 1. The lowest BCUT2D eigenvalue weighted by molar-refractivity contribution is 0.101. The number of furan rings is 1. The van der Waals surface area contributed by atoms with E-state index in [4.69, 9.17) is 4.42 Å². The SMILES string of the molecule is Cc1ccc(Br)c(C(=O)c2ccc(Br)o2)c1. The van der Waals surface area contributed by atoms with E-state index in [-0.39, 0.29) is 5.78 Å². The first kappa shape index (κ1) is 11.6. The highest BCUT2D eigenvalue weighted by atomic mass is 79.9. The van der Waals surface area contributed by atoms with E-state index in [0.717, 1.165) is 10.0 Å². The first-order valence-electron chi connectivity index (χ1n) is 4.64. The zero-order valence-electron chi connectivity index (χ0n) is 8.46. The van der Waals surface area contributed by atoms with Crippen LogP contribution in [0, 0.1) is 6.92 Å². The van der Waals surface area contributed by atoms with Gasteiger partial charge in [-0.3, -0.25) is 4.79 Å². The number of halogens is 2. The van der Waals surface area contributed by atoms with Gasteiger partial charge in [0.25, 0.3) is 0 Å². The molecular formula is C12H8Br2O2. The van der Waals surface area contributed by atoms with Crippen LogP contribution in [-0.4, -0.2) is 5.78 Å². The lowest BCUT2D eigenvalue weighted by Crippen LogP contribution is -2.01. The van der Waals surface area contributed by atoms with Crippen molar-refractivity contribution < 1.29 is 9.21 Å². The molecule has 2 aromatic rings. The van der Waals surface area contributed by atoms with Gasteiger partial charge in [-0.1, -0.05) is 27.6 Å². The molecule has 4 heteroatoms. The van der Waals surface area contributed by atoms with E-state index in [1.807, 2.05) is 25.1 Å². The van der Waals surface area contributed by atoms with Crippen LogP contribution >= 0.6 is 31.9 Å². The van der Waals surface area contributed by atoms with E-state index in [2.05, 4.69) is 31.9 Å². The number of aryl methyl sites for hydroxylation is 1. The second kappa shape index (κ2) is 4.55. The molecular weight excluding hydrogens is 336 g/mol. The van der Waals surface area contributed by atoms with Crippen LogP contribution in [0.2, 0.25) is 0 Å². The molecule has 0 bridgehead atoms. The zero-order valence-corrected chi connectivity index (χ0v) is 11.6. The molecule has 0 spiro atoms. The van der Waals surface area contributed by atoms with Gasteiger partial charge in [-0.25, -0.2) is 0 Å². The van der Waals surface area contributed by atoms with Gasteiger partial charge < -0.3 is 4.42 Å². The molecule has 2 nitrogen and oxygen atoms in total. The van der Waals surface area contributed by atoms with Gasteiger partial charge >= 0.3 is 0 Å². The molecule has 0 unspecified atom stereocenters. The maximum Gasteiger partial charge on any atom is 0.229 e. The summed E-state index contributed by atoms with van der Waals surface area (Å²) >= 11 is 6.54. The van der Waals surface area contributed by atoms with Gasteiger partial charge in [0.15, 0.2) is 10.4 Å². The van der Waals surface area contributed by atoms with Crippen LogP contribution in [0.25, 0.3) is 0 Å². The summed E-state index contributed by atoms with van der Waals surface area (Å²) in [6.45, 7) is 1.95. The number of carbonyl (C=O) groups excluding carboxylic acids is 1.